The molecule has 1 fully saturated rings. The molecule has 1 amide bonds. The van der Waals surface area contributed by atoms with Crippen LogP contribution in [-0.4, -0.2) is 44.3 Å². The van der Waals surface area contributed by atoms with E-state index in [-0.39, 0.29) is 43.9 Å². The number of carbonyl (C=O) groups is 1. The van der Waals surface area contributed by atoms with Crippen molar-refractivity contribution in [2.24, 2.45) is 5.92 Å². The van der Waals surface area contributed by atoms with Gasteiger partial charge in [-0.25, -0.2) is 0 Å². The predicted octanol–water partition coefficient (Wildman–Crippen LogP) is 2.40. The molecular weight excluding hydrogens is 358 g/mol. The molecule has 0 atom stereocenters. The van der Waals surface area contributed by atoms with Crippen LogP contribution in [0.4, 0.5) is 8.78 Å². The number of carbonyl (C=O) groups excluding carboxylic acids is 1. The molecule has 25 heavy (non-hydrogen) atoms. The molecule has 2 aliphatic rings. The predicted molar refractivity (Wildman–Crippen MR) is 88.5 cm³/mol. The summed E-state index contributed by atoms with van der Waals surface area (Å²) in [6, 6.07) is 2.94. The standard InChI is InChI=1S/C16H20F2N2O4.ClH/c1-20(15(21)7-19-6-10-2-3-10)8-11-4-13-14(23-9-22-13)5-12(11)24-16(17)18;/h4-5,10,16,19H,2-3,6-9H2,1H3;1H. The molecule has 0 unspecified atom stereocenters. The third-order valence-electron chi connectivity index (χ3n) is 4.01. The van der Waals surface area contributed by atoms with Gasteiger partial charge in [0.25, 0.3) is 0 Å². The fraction of sp³-hybridized carbons (Fsp3) is 0.562. The van der Waals surface area contributed by atoms with Crippen molar-refractivity contribution in [1.29, 1.82) is 0 Å². The number of nitrogens with one attached hydrogen (secondary N) is 1. The number of benzene rings is 1. The number of halogens is 3. The quantitative estimate of drug-likeness (QED) is 0.752. The second-order valence-corrected chi connectivity index (χ2v) is 6.02. The molecule has 1 aliphatic carbocycles. The van der Waals surface area contributed by atoms with Gasteiger partial charge in [-0.1, -0.05) is 0 Å². The third kappa shape index (κ3) is 5.34. The number of amides is 1. The molecule has 6 nitrogen and oxygen atoms in total. The van der Waals surface area contributed by atoms with Gasteiger partial charge in [-0.15, -0.1) is 12.4 Å². The van der Waals surface area contributed by atoms with Gasteiger partial charge in [0.15, 0.2) is 11.5 Å². The Balaban J connectivity index is 0.00000225. The first kappa shape index (κ1) is 19.5. The van der Waals surface area contributed by atoms with Crippen molar-refractivity contribution in [1.82, 2.24) is 10.2 Å². The Bertz CT molecular complexity index is 614. The number of alkyl halides is 2. The summed E-state index contributed by atoms with van der Waals surface area (Å²) >= 11 is 0. The normalized spacial score (nSPS) is 15.0. The Morgan fingerprint density at radius 2 is 2.04 bits per heavy atom. The highest BCUT2D eigenvalue weighted by molar-refractivity contribution is 5.85. The summed E-state index contributed by atoms with van der Waals surface area (Å²) in [4.78, 5) is 13.6. The zero-order chi connectivity index (χ0) is 17.1. The van der Waals surface area contributed by atoms with Crippen LogP contribution < -0.4 is 19.5 Å². The Kier molecular flexibility index (Phi) is 6.66. The lowest BCUT2D eigenvalue weighted by Crippen LogP contribution is -2.36. The van der Waals surface area contributed by atoms with Crippen LogP contribution in [0.1, 0.15) is 18.4 Å². The average molecular weight is 379 g/mol. The molecule has 1 heterocycles. The highest BCUT2D eigenvalue weighted by atomic mass is 35.5. The molecule has 0 saturated heterocycles. The Morgan fingerprint density at radius 3 is 2.68 bits per heavy atom. The summed E-state index contributed by atoms with van der Waals surface area (Å²) in [5.74, 6) is 1.37. The lowest BCUT2D eigenvalue weighted by atomic mass is 10.1. The fourth-order valence-corrected chi connectivity index (χ4v) is 2.48. The van der Waals surface area contributed by atoms with E-state index >= 15 is 0 Å². The van der Waals surface area contributed by atoms with E-state index in [9.17, 15) is 13.6 Å². The van der Waals surface area contributed by atoms with Gasteiger partial charge in [0, 0.05) is 25.2 Å². The van der Waals surface area contributed by atoms with Gasteiger partial charge in [0.1, 0.15) is 5.75 Å². The summed E-state index contributed by atoms with van der Waals surface area (Å²) in [6.07, 6.45) is 2.42. The third-order valence-corrected chi connectivity index (χ3v) is 4.01. The van der Waals surface area contributed by atoms with Crippen molar-refractivity contribution in [3.63, 3.8) is 0 Å². The molecule has 1 saturated carbocycles. The number of hydrogen-bond donors (Lipinski definition) is 1. The number of rotatable bonds is 8. The summed E-state index contributed by atoms with van der Waals surface area (Å²) in [5.41, 5.74) is 0.442. The van der Waals surface area contributed by atoms with Crippen molar-refractivity contribution in [2.45, 2.75) is 26.0 Å². The first-order valence-electron chi connectivity index (χ1n) is 7.85. The Hall–Kier alpha value is -1.80. The van der Waals surface area contributed by atoms with Crippen LogP contribution in [0, 0.1) is 5.92 Å². The minimum absolute atomic E-state index is 0. The molecule has 1 aromatic rings. The van der Waals surface area contributed by atoms with Crippen molar-refractivity contribution in [3.8, 4) is 17.2 Å². The van der Waals surface area contributed by atoms with Gasteiger partial charge < -0.3 is 24.4 Å². The zero-order valence-electron chi connectivity index (χ0n) is 13.8. The molecule has 0 aromatic heterocycles. The minimum Gasteiger partial charge on any atom is -0.454 e. The van der Waals surface area contributed by atoms with Crippen LogP contribution in [0.15, 0.2) is 12.1 Å². The van der Waals surface area contributed by atoms with E-state index in [1.54, 1.807) is 13.1 Å². The number of hydrogen-bond acceptors (Lipinski definition) is 5. The van der Waals surface area contributed by atoms with E-state index < -0.39 is 6.61 Å². The van der Waals surface area contributed by atoms with Crippen LogP contribution in [0.3, 0.4) is 0 Å². The number of likely N-dealkylation sites (N-methyl/N-ethyl adjacent to an activating group) is 1. The van der Waals surface area contributed by atoms with Crippen LogP contribution >= 0.6 is 12.4 Å². The maximum atomic E-state index is 12.6. The van der Waals surface area contributed by atoms with Crippen LogP contribution in [0.5, 0.6) is 17.2 Å². The van der Waals surface area contributed by atoms with Crippen LogP contribution in [0.2, 0.25) is 0 Å². The van der Waals surface area contributed by atoms with Crippen LogP contribution in [-0.2, 0) is 11.3 Å². The van der Waals surface area contributed by atoms with Gasteiger partial charge in [-0.05, 0) is 31.4 Å². The molecule has 0 spiro atoms. The molecule has 140 valence electrons. The van der Waals surface area contributed by atoms with E-state index in [0.29, 0.717) is 23.0 Å². The molecule has 1 N–H and O–H groups in total. The lowest BCUT2D eigenvalue weighted by molar-refractivity contribution is -0.129. The number of fused-ring (bicyclic) bond motifs is 1. The largest absolute Gasteiger partial charge is 0.454 e. The first-order valence-corrected chi connectivity index (χ1v) is 7.85. The highest BCUT2D eigenvalue weighted by Crippen LogP contribution is 2.39. The Morgan fingerprint density at radius 1 is 1.36 bits per heavy atom. The topological polar surface area (TPSA) is 60.0 Å². The highest BCUT2D eigenvalue weighted by Gasteiger charge is 2.23. The lowest BCUT2D eigenvalue weighted by Gasteiger charge is -2.20. The van der Waals surface area contributed by atoms with Gasteiger partial charge >= 0.3 is 6.61 Å². The second-order valence-electron chi connectivity index (χ2n) is 6.02. The summed E-state index contributed by atoms with van der Waals surface area (Å²) in [5, 5.41) is 3.12. The molecule has 1 aliphatic heterocycles. The zero-order valence-corrected chi connectivity index (χ0v) is 14.6. The van der Waals surface area contributed by atoms with Gasteiger partial charge in [0.2, 0.25) is 12.7 Å². The molecule has 0 radical (unpaired) electrons. The molecule has 3 rings (SSSR count). The number of nitrogens with zero attached hydrogens (tertiary/aromatic N) is 1. The molecule has 1 aromatic carbocycles. The van der Waals surface area contributed by atoms with E-state index in [0.717, 1.165) is 6.54 Å². The SMILES string of the molecule is CN(Cc1cc2c(cc1OC(F)F)OCO2)C(=O)CNCC1CC1.Cl. The first-order chi connectivity index (χ1) is 11.5. The van der Waals surface area contributed by atoms with Crippen LogP contribution in [0.25, 0.3) is 0 Å². The Labute approximate surface area is 150 Å². The maximum Gasteiger partial charge on any atom is 0.387 e. The van der Waals surface area contributed by atoms with Gasteiger partial charge in [0.05, 0.1) is 6.54 Å². The smallest absolute Gasteiger partial charge is 0.387 e. The minimum atomic E-state index is -2.95. The van der Waals surface area contributed by atoms with E-state index in [1.807, 2.05) is 0 Å². The summed E-state index contributed by atoms with van der Waals surface area (Å²) in [6.45, 7) is -1.72. The summed E-state index contributed by atoms with van der Waals surface area (Å²) < 4.78 is 40.2. The van der Waals surface area contributed by atoms with Crippen molar-refractivity contribution in [3.05, 3.63) is 17.7 Å². The fourth-order valence-electron chi connectivity index (χ4n) is 2.48. The van der Waals surface area contributed by atoms with Crippen molar-refractivity contribution in [2.75, 3.05) is 26.9 Å². The number of ether oxygens (including phenoxy) is 3. The van der Waals surface area contributed by atoms with E-state index in [4.69, 9.17) is 9.47 Å². The van der Waals surface area contributed by atoms with E-state index in [2.05, 4.69) is 10.1 Å². The molecular formula is C16H21ClF2N2O4. The second kappa shape index (κ2) is 8.53. The van der Waals surface area contributed by atoms with Gasteiger partial charge in [-0.3, -0.25) is 4.79 Å². The van der Waals surface area contributed by atoms with Crippen molar-refractivity contribution >= 4 is 18.3 Å². The van der Waals surface area contributed by atoms with Gasteiger partial charge in [-0.2, -0.15) is 8.78 Å². The molecule has 9 heteroatoms. The monoisotopic (exact) mass is 378 g/mol. The molecule has 0 bridgehead atoms. The average Bonchev–Trinajstić information content (AvgIpc) is 3.24. The van der Waals surface area contributed by atoms with E-state index in [1.165, 1.54) is 23.8 Å². The van der Waals surface area contributed by atoms with Crippen molar-refractivity contribution < 1.29 is 27.8 Å². The summed E-state index contributed by atoms with van der Waals surface area (Å²) in [7, 11) is 1.62. The maximum absolute atomic E-state index is 12.6.